The van der Waals surface area contributed by atoms with Gasteiger partial charge in [-0.05, 0) is 26.4 Å². The van der Waals surface area contributed by atoms with Gasteiger partial charge in [0.05, 0.1) is 0 Å². The average Bonchev–Trinajstić information content (AvgIpc) is 2.64. The number of rotatable bonds is 3. The molecule has 0 aliphatic carbocycles. The van der Waals surface area contributed by atoms with Crippen molar-refractivity contribution in [1.29, 1.82) is 0 Å². The van der Waals surface area contributed by atoms with Crippen molar-refractivity contribution in [2.24, 2.45) is 0 Å². The summed E-state index contributed by atoms with van der Waals surface area (Å²) < 4.78 is 0.646. The van der Waals surface area contributed by atoms with E-state index in [0.29, 0.717) is 10.5 Å². The maximum Gasteiger partial charge on any atom is 0.183 e. The predicted molar refractivity (Wildman–Crippen MR) is 64.5 cm³/mol. The number of likely N-dealkylation sites (tertiary alicyclic amines) is 1. The molecule has 1 N–H and O–H groups in total. The number of nitrogens with zero attached hydrogens (tertiary/aromatic N) is 2. The highest BCUT2D eigenvalue weighted by Crippen LogP contribution is 2.21. The van der Waals surface area contributed by atoms with Gasteiger partial charge in [0.2, 0.25) is 0 Å². The summed E-state index contributed by atoms with van der Waals surface area (Å²) in [5, 5.41) is 3.34. The van der Waals surface area contributed by atoms with Gasteiger partial charge >= 0.3 is 0 Å². The van der Waals surface area contributed by atoms with Crippen molar-refractivity contribution in [2.75, 3.05) is 20.1 Å². The summed E-state index contributed by atoms with van der Waals surface area (Å²) in [6, 6.07) is 0.641. The molecule has 0 aromatic carbocycles. The Morgan fingerprint density at radius 3 is 3.27 bits per heavy atom. The van der Waals surface area contributed by atoms with Crippen LogP contribution in [-0.4, -0.2) is 36.1 Å². The standard InChI is InChI=1S/C10H16ClN3S/c1-12-8-3-2-4-14(6-8)7-9-5-13-10(11)15-9/h5,8,12H,2-4,6-7H2,1H3. The lowest BCUT2D eigenvalue weighted by Gasteiger charge is -2.31. The van der Waals surface area contributed by atoms with Gasteiger partial charge in [0.1, 0.15) is 0 Å². The lowest BCUT2D eigenvalue weighted by molar-refractivity contribution is 0.189. The molecule has 15 heavy (non-hydrogen) atoms. The fourth-order valence-corrected chi connectivity index (χ4v) is 3.03. The van der Waals surface area contributed by atoms with Gasteiger partial charge in [-0.25, -0.2) is 4.98 Å². The first-order valence-corrected chi connectivity index (χ1v) is 6.47. The van der Waals surface area contributed by atoms with Crippen LogP contribution in [0.2, 0.25) is 4.47 Å². The van der Waals surface area contributed by atoms with Gasteiger partial charge in [-0.15, -0.1) is 11.3 Å². The summed E-state index contributed by atoms with van der Waals surface area (Å²) in [6.07, 6.45) is 4.45. The van der Waals surface area contributed by atoms with E-state index < -0.39 is 0 Å². The van der Waals surface area contributed by atoms with E-state index in [9.17, 15) is 0 Å². The molecule has 0 spiro atoms. The van der Waals surface area contributed by atoms with Crippen molar-refractivity contribution < 1.29 is 0 Å². The van der Waals surface area contributed by atoms with Gasteiger partial charge < -0.3 is 5.32 Å². The molecule has 3 nitrogen and oxygen atoms in total. The van der Waals surface area contributed by atoms with E-state index in [1.165, 1.54) is 24.3 Å². The number of halogens is 1. The largest absolute Gasteiger partial charge is 0.316 e. The van der Waals surface area contributed by atoms with E-state index in [1.54, 1.807) is 11.3 Å². The van der Waals surface area contributed by atoms with Crippen molar-refractivity contribution in [2.45, 2.75) is 25.4 Å². The molecule has 5 heteroatoms. The molecule has 1 aliphatic rings. The maximum absolute atomic E-state index is 5.81. The molecule has 0 bridgehead atoms. The quantitative estimate of drug-likeness (QED) is 0.883. The van der Waals surface area contributed by atoms with Crippen molar-refractivity contribution in [3.63, 3.8) is 0 Å². The molecule has 1 saturated heterocycles. The fourth-order valence-electron chi connectivity index (χ4n) is 2.01. The molecular weight excluding hydrogens is 230 g/mol. The van der Waals surface area contributed by atoms with E-state index in [0.717, 1.165) is 13.1 Å². The first kappa shape index (κ1) is 11.3. The van der Waals surface area contributed by atoms with Gasteiger partial charge in [-0.2, -0.15) is 0 Å². The number of piperidine rings is 1. The predicted octanol–water partition coefficient (Wildman–Crippen LogP) is 1.98. The minimum atomic E-state index is 0.641. The molecule has 1 aromatic rings. The minimum Gasteiger partial charge on any atom is -0.316 e. The third-order valence-corrected chi connectivity index (χ3v) is 3.92. The topological polar surface area (TPSA) is 28.2 Å². The molecule has 2 rings (SSSR count). The molecule has 0 amide bonds. The minimum absolute atomic E-state index is 0.641. The number of hydrogen-bond acceptors (Lipinski definition) is 4. The molecule has 1 atom stereocenters. The monoisotopic (exact) mass is 245 g/mol. The zero-order valence-electron chi connectivity index (χ0n) is 8.87. The Bertz CT molecular complexity index is 315. The van der Waals surface area contributed by atoms with E-state index in [-0.39, 0.29) is 0 Å². The number of hydrogen-bond donors (Lipinski definition) is 1. The van der Waals surface area contributed by atoms with Crippen LogP contribution in [0.4, 0.5) is 0 Å². The molecule has 1 fully saturated rings. The lowest BCUT2D eigenvalue weighted by Crippen LogP contribution is -2.43. The third kappa shape index (κ3) is 3.14. The van der Waals surface area contributed by atoms with E-state index in [2.05, 4.69) is 15.2 Å². The summed E-state index contributed by atoms with van der Waals surface area (Å²) in [6.45, 7) is 3.31. The first-order chi connectivity index (χ1) is 7.28. The molecule has 0 saturated carbocycles. The highest BCUT2D eigenvalue weighted by Gasteiger charge is 2.18. The van der Waals surface area contributed by atoms with Gasteiger partial charge in [0.15, 0.2) is 4.47 Å². The summed E-state index contributed by atoms with van der Waals surface area (Å²) in [4.78, 5) is 7.79. The van der Waals surface area contributed by atoms with Crippen LogP contribution in [0, 0.1) is 0 Å². The van der Waals surface area contributed by atoms with Crippen molar-refractivity contribution in [3.8, 4) is 0 Å². The molecule has 2 heterocycles. The summed E-state index contributed by atoms with van der Waals surface area (Å²) in [5.74, 6) is 0. The Kier molecular flexibility index (Phi) is 3.97. The number of likely N-dealkylation sites (N-methyl/N-ethyl adjacent to an activating group) is 1. The lowest BCUT2D eigenvalue weighted by atomic mass is 10.1. The Hall–Kier alpha value is -0.160. The Balaban J connectivity index is 1.88. The molecule has 84 valence electrons. The van der Waals surface area contributed by atoms with Crippen LogP contribution < -0.4 is 5.32 Å². The second-order valence-electron chi connectivity index (χ2n) is 3.94. The first-order valence-electron chi connectivity index (χ1n) is 5.28. The second kappa shape index (κ2) is 5.25. The molecule has 0 radical (unpaired) electrons. The molecular formula is C10H16ClN3S. The van der Waals surface area contributed by atoms with E-state index >= 15 is 0 Å². The van der Waals surface area contributed by atoms with Crippen LogP contribution in [0.5, 0.6) is 0 Å². The zero-order chi connectivity index (χ0) is 10.7. The van der Waals surface area contributed by atoms with Crippen LogP contribution in [0.25, 0.3) is 0 Å². The summed E-state index contributed by atoms with van der Waals surface area (Å²) >= 11 is 7.39. The van der Waals surface area contributed by atoms with Crippen LogP contribution in [0.1, 0.15) is 17.7 Å². The smallest absolute Gasteiger partial charge is 0.183 e. The molecule has 1 aromatic heterocycles. The summed E-state index contributed by atoms with van der Waals surface area (Å²) in [5.41, 5.74) is 0. The summed E-state index contributed by atoms with van der Waals surface area (Å²) in [7, 11) is 2.04. The third-order valence-electron chi connectivity index (χ3n) is 2.82. The van der Waals surface area contributed by atoms with E-state index in [1.807, 2.05) is 13.2 Å². The van der Waals surface area contributed by atoms with Crippen LogP contribution in [0.15, 0.2) is 6.20 Å². The highest BCUT2D eigenvalue weighted by molar-refractivity contribution is 7.15. The van der Waals surface area contributed by atoms with Gasteiger partial charge in [0.25, 0.3) is 0 Å². The van der Waals surface area contributed by atoms with Crippen LogP contribution >= 0.6 is 22.9 Å². The Morgan fingerprint density at radius 1 is 1.73 bits per heavy atom. The zero-order valence-corrected chi connectivity index (χ0v) is 10.4. The second-order valence-corrected chi connectivity index (χ2v) is 5.64. The van der Waals surface area contributed by atoms with Crippen molar-refractivity contribution in [1.82, 2.24) is 15.2 Å². The van der Waals surface area contributed by atoms with E-state index in [4.69, 9.17) is 11.6 Å². The van der Waals surface area contributed by atoms with Crippen molar-refractivity contribution >= 4 is 22.9 Å². The van der Waals surface area contributed by atoms with Crippen molar-refractivity contribution in [3.05, 3.63) is 15.5 Å². The van der Waals surface area contributed by atoms with Gasteiger partial charge in [-0.1, -0.05) is 11.6 Å². The van der Waals surface area contributed by atoms with Gasteiger partial charge in [-0.3, -0.25) is 4.90 Å². The molecule has 1 unspecified atom stereocenters. The molecule has 1 aliphatic heterocycles. The maximum atomic E-state index is 5.81. The SMILES string of the molecule is CNC1CCCN(Cc2cnc(Cl)s2)C1. The van der Waals surface area contributed by atoms with Crippen LogP contribution in [-0.2, 0) is 6.54 Å². The normalized spacial score (nSPS) is 23.2. The number of aromatic nitrogens is 1. The number of thiazole rings is 1. The Labute approximate surface area is 99.5 Å². The number of nitrogens with one attached hydrogen (secondary N) is 1. The Morgan fingerprint density at radius 2 is 2.60 bits per heavy atom. The fraction of sp³-hybridized carbons (Fsp3) is 0.700. The highest BCUT2D eigenvalue weighted by atomic mass is 35.5. The van der Waals surface area contributed by atoms with Crippen LogP contribution in [0.3, 0.4) is 0 Å². The van der Waals surface area contributed by atoms with Gasteiger partial charge in [0, 0.05) is 30.2 Å². The average molecular weight is 246 g/mol.